The molecule has 0 heterocycles. The molecule has 0 fully saturated rings. The van der Waals surface area contributed by atoms with Crippen molar-refractivity contribution in [2.45, 2.75) is 12.8 Å². The van der Waals surface area contributed by atoms with Crippen molar-refractivity contribution in [2.24, 2.45) is 0 Å². The number of rotatable bonds is 7. The molecule has 3 nitrogen and oxygen atoms in total. The van der Waals surface area contributed by atoms with E-state index in [9.17, 15) is 4.79 Å². The molecule has 0 aromatic heterocycles. The van der Waals surface area contributed by atoms with E-state index in [1.807, 2.05) is 30.4 Å². The molecule has 1 N–H and O–H groups in total. The van der Waals surface area contributed by atoms with Gasteiger partial charge in [-0.15, -0.1) is 13.2 Å². The number of allylic oxidation sites excluding steroid dienone is 2. The van der Waals surface area contributed by atoms with Crippen LogP contribution in [0.15, 0.2) is 43.5 Å². The first-order valence-corrected chi connectivity index (χ1v) is 5.84. The van der Waals surface area contributed by atoms with Crippen molar-refractivity contribution in [1.29, 1.82) is 0 Å². The molecule has 1 aromatic carbocycles. The van der Waals surface area contributed by atoms with E-state index in [1.54, 1.807) is 0 Å². The summed E-state index contributed by atoms with van der Waals surface area (Å²) in [6, 6.07) is 5.94. The normalized spacial score (nSPS) is 9.83. The number of amides is 1. The smallest absolute Gasteiger partial charge is 0.250 e. The monoisotopic (exact) mass is 245 g/mol. The molecule has 1 rings (SSSR count). The third-order valence-electron chi connectivity index (χ3n) is 2.51. The summed E-state index contributed by atoms with van der Waals surface area (Å²) >= 11 is 0. The van der Waals surface area contributed by atoms with Crippen LogP contribution in [0, 0.1) is 0 Å². The third-order valence-corrected chi connectivity index (χ3v) is 2.51. The number of anilines is 1. The molecule has 0 radical (unpaired) electrons. The zero-order chi connectivity index (χ0) is 13.4. The summed E-state index contributed by atoms with van der Waals surface area (Å²) in [5, 5.41) is 2.89. The van der Waals surface area contributed by atoms with Crippen molar-refractivity contribution in [2.75, 3.05) is 19.0 Å². The fraction of sp³-hybridized carbons (Fsp3) is 0.267. The van der Waals surface area contributed by atoms with E-state index in [0.29, 0.717) is 12.8 Å². The lowest BCUT2D eigenvalue weighted by atomic mass is 10.0. The van der Waals surface area contributed by atoms with Crippen LogP contribution in [0.2, 0.25) is 0 Å². The highest BCUT2D eigenvalue weighted by Gasteiger charge is 2.10. The van der Waals surface area contributed by atoms with Gasteiger partial charge in [0, 0.05) is 12.8 Å². The molecule has 96 valence electrons. The Kier molecular flexibility index (Phi) is 5.88. The molecular formula is C15H19NO2. The molecule has 0 spiro atoms. The van der Waals surface area contributed by atoms with Gasteiger partial charge >= 0.3 is 0 Å². The van der Waals surface area contributed by atoms with Gasteiger partial charge < -0.3 is 10.1 Å². The largest absolute Gasteiger partial charge is 0.375 e. The molecule has 0 saturated heterocycles. The SMILES string of the molecule is C=CCc1cccc(CC=C)c1NC(=O)COC. The van der Waals surface area contributed by atoms with Gasteiger partial charge in [0.1, 0.15) is 6.61 Å². The lowest BCUT2D eigenvalue weighted by Gasteiger charge is -2.14. The van der Waals surface area contributed by atoms with E-state index >= 15 is 0 Å². The zero-order valence-corrected chi connectivity index (χ0v) is 10.7. The Morgan fingerprint density at radius 2 is 1.83 bits per heavy atom. The number of carbonyl (C=O) groups is 1. The van der Waals surface area contributed by atoms with Gasteiger partial charge in [0.25, 0.3) is 0 Å². The minimum atomic E-state index is -0.153. The summed E-state index contributed by atoms with van der Waals surface area (Å²) in [5.74, 6) is -0.153. The lowest BCUT2D eigenvalue weighted by Crippen LogP contribution is -2.19. The number of ether oxygens (including phenoxy) is 1. The molecule has 1 amide bonds. The quantitative estimate of drug-likeness (QED) is 0.750. The number of hydrogen-bond acceptors (Lipinski definition) is 2. The summed E-state index contributed by atoms with van der Waals surface area (Å²) in [6.07, 6.45) is 5.07. The van der Waals surface area contributed by atoms with Crippen LogP contribution in [0.3, 0.4) is 0 Å². The number of carbonyl (C=O) groups excluding carboxylic acids is 1. The second-order valence-electron chi connectivity index (χ2n) is 3.92. The van der Waals surface area contributed by atoms with Crippen LogP contribution >= 0.6 is 0 Å². The summed E-state index contributed by atoms with van der Waals surface area (Å²) in [7, 11) is 1.50. The standard InChI is InChI=1S/C15H19NO2/c1-4-7-12-9-6-10-13(8-5-2)15(12)16-14(17)11-18-3/h4-6,9-10H,1-2,7-8,11H2,3H3,(H,16,17). The van der Waals surface area contributed by atoms with E-state index < -0.39 is 0 Å². The van der Waals surface area contributed by atoms with E-state index in [-0.39, 0.29) is 12.5 Å². The first-order chi connectivity index (χ1) is 8.72. The Balaban J connectivity index is 3.04. The average molecular weight is 245 g/mol. The molecule has 0 aliphatic carbocycles. The molecule has 0 aliphatic heterocycles. The van der Waals surface area contributed by atoms with Gasteiger partial charge in [-0.2, -0.15) is 0 Å². The zero-order valence-electron chi connectivity index (χ0n) is 10.7. The van der Waals surface area contributed by atoms with Gasteiger partial charge in [-0.05, 0) is 24.0 Å². The van der Waals surface area contributed by atoms with E-state index in [4.69, 9.17) is 4.74 Å². The van der Waals surface area contributed by atoms with Gasteiger partial charge in [0.2, 0.25) is 5.91 Å². The van der Waals surface area contributed by atoms with Gasteiger partial charge in [-0.3, -0.25) is 4.79 Å². The van der Waals surface area contributed by atoms with E-state index in [2.05, 4.69) is 18.5 Å². The lowest BCUT2D eigenvalue weighted by molar-refractivity contribution is -0.119. The van der Waals surface area contributed by atoms with Crippen molar-refractivity contribution in [3.63, 3.8) is 0 Å². The summed E-state index contributed by atoms with van der Waals surface area (Å²) in [5.41, 5.74) is 2.95. The molecule has 0 bridgehead atoms. The van der Waals surface area contributed by atoms with Crippen LogP contribution in [-0.4, -0.2) is 19.6 Å². The number of para-hydroxylation sites is 1. The van der Waals surface area contributed by atoms with Gasteiger partial charge in [-0.25, -0.2) is 0 Å². The van der Waals surface area contributed by atoms with Gasteiger partial charge in [0.05, 0.1) is 0 Å². The highest BCUT2D eigenvalue weighted by Crippen LogP contribution is 2.23. The fourth-order valence-corrected chi connectivity index (χ4v) is 1.77. The van der Waals surface area contributed by atoms with Crippen molar-refractivity contribution in [3.8, 4) is 0 Å². The van der Waals surface area contributed by atoms with Gasteiger partial charge in [-0.1, -0.05) is 30.4 Å². The van der Waals surface area contributed by atoms with Crippen LogP contribution in [0.4, 0.5) is 5.69 Å². The molecule has 0 saturated carbocycles. The maximum atomic E-state index is 11.6. The predicted molar refractivity (Wildman–Crippen MR) is 74.7 cm³/mol. The number of benzene rings is 1. The van der Waals surface area contributed by atoms with Crippen LogP contribution in [0.25, 0.3) is 0 Å². The molecular weight excluding hydrogens is 226 g/mol. The second-order valence-corrected chi connectivity index (χ2v) is 3.92. The minimum Gasteiger partial charge on any atom is -0.375 e. The Morgan fingerprint density at radius 1 is 1.28 bits per heavy atom. The first-order valence-electron chi connectivity index (χ1n) is 5.84. The van der Waals surface area contributed by atoms with E-state index in [1.165, 1.54) is 7.11 Å². The minimum absolute atomic E-state index is 0.0515. The Labute approximate surface area is 108 Å². The Hall–Kier alpha value is -1.87. The number of nitrogens with one attached hydrogen (secondary N) is 1. The van der Waals surface area contributed by atoms with Crippen molar-refractivity contribution in [3.05, 3.63) is 54.6 Å². The fourth-order valence-electron chi connectivity index (χ4n) is 1.77. The third kappa shape index (κ3) is 3.86. The van der Waals surface area contributed by atoms with Crippen LogP contribution in [0.1, 0.15) is 11.1 Å². The molecule has 1 aromatic rings. The Morgan fingerprint density at radius 3 is 2.28 bits per heavy atom. The van der Waals surface area contributed by atoms with Crippen LogP contribution in [0.5, 0.6) is 0 Å². The maximum absolute atomic E-state index is 11.6. The summed E-state index contributed by atoms with van der Waals surface area (Å²) < 4.78 is 4.82. The maximum Gasteiger partial charge on any atom is 0.250 e. The van der Waals surface area contributed by atoms with Crippen LogP contribution in [-0.2, 0) is 22.4 Å². The molecule has 0 unspecified atom stereocenters. The highest BCUT2D eigenvalue weighted by atomic mass is 16.5. The topological polar surface area (TPSA) is 38.3 Å². The summed E-state index contributed by atoms with van der Waals surface area (Å²) in [4.78, 5) is 11.6. The van der Waals surface area contributed by atoms with Crippen LogP contribution < -0.4 is 5.32 Å². The van der Waals surface area contributed by atoms with Crippen molar-refractivity contribution in [1.82, 2.24) is 0 Å². The summed E-state index contributed by atoms with van der Waals surface area (Å²) in [6.45, 7) is 7.51. The average Bonchev–Trinajstić information content (AvgIpc) is 2.34. The Bertz CT molecular complexity index is 410. The molecule has 3 heteroatoms. The van der Waals surface area contributed by atoms with Crippen molar-refractivity contribution < 1.29 is 9.53 Å². The predicted octanol–water partition coefficient (Wildman–Crippen LogP) is 2.73. The number of methoxy groups -OCH3 is 1. The van der Waals surface area contributed by atoms with Crippen molar-refractivity contribution >= 4 is 11.6 Å². The van der Waals surface area contributed by atoms with E-state index in [0.717, 1.165) is 16.8 Å². The first kappa shape index (κ1) is 14.2. The molecule has 0 aliphatic rings. The van der Waals surface area contributed by atoms with Gasteiger partial charge in [0.15, 0.2) is 0 Å². The second kappa shape index (κ2) is 7.45. The highest BCUT2D eigenvalue weighted by molar-refractivity contribution is 5.93. The number of hydrogen-bond donors (Lipinski definition) is 1. The molecule has 18 heavy (non-hydrogen) atoms. The molecule has 0 atom stereocenters.